The van der Waals surface area contributed by atoms with Crippen molar-refractivity contribution in [2.45, 2.75) is 26.2 Å². The molecule has 1 fully saturated rings. The fraction of sp³-hybridized carbons (Fsp3) is 0.417. The first kappa shape index (κ1) is 21.8. The zero-order chi connectivity index (χ0) is 21.7. The van der Waals surface area contributed by atoms with Crippen molar-refractivity contribution in [2.75, 3.05) is 50.1 Å². The van der Waals surface area contributed by atoms with Crippen LogP contribution in [0.2, 0.25) is 0 Å². The van der Waals surface area contributed by atoms with Crippen molar-refractivity contribution in [1.29, 1.82) is 0 Å². The van der Waals surface area contributed by atoms with Crippen LogP contribution in [0, 0.1) is 0 Å². The number of morpholine rings is 1. The van der Waals surface area contributed by atoms with Crippen molar-refractivity contribution in [1.82, 2.24) is 4.90 Å². The minimum atomic E-state index is -0.226. The molecule has 1 heterocycles. The van der Waals surface area contributed by atoms with Gasteiger partial charge in [-0.1, -0.05) is 32.9 Å². The molecular weight excluding hydrogens is 378 g/mol. The lowest BCUT2D eigenvalue weighted by atomic mass is 9.86. The van der Waals surface area contributed by atoms with E-state index in [2.05, 4.69) is 31.0 Å². The van der Waals surface area contributed by atoms with E-state index in [-0.39, 0.29) is 23.8 Å². The van der Waals surface area contributed by atoms with Crippen molar-refractivity contribution in [2.24, 2.45) is 0 Å². The van der Waals surface area contributed by atoms with E-state index in [1.807, 2.05) is 48.5 Å². The molecule has 6 nitrogen and oxygen atoms in total. The van der Waals surface area contributed by atoms with E-state index in [9.17, 15) is 9.59 Å². The van der Waals surface area contributed by atoms with Gasteiger partial charge in [0.15, 0.2) is 0 Å². The van der Waals surface area contributed by atoms with Gasteiger partial charge in [0, 0.05) is 37.1 Å². The monoisotopic (exact) mass is 409 g/mol. The Kier molecular flexibility index (Phi) is 6.77. The minimum absolute atomic E-state index is 0.00886. The van der Waals surface area contributed by atoms with Crippen molar-refractivity contribution < 1.29 is 14.3 Å². The summed E-state index contributed by atoms with van der Waals surface area (Å²) in [6, 6.07) is 15.3. The molecule has 0 radical (unpaired) electrons. The van der Waals surface area contributed by atoms with Gasteiger partial charge in [-0.2, -0.15) is 0 Å². The number of likely N-dealkylation sites (N-methyl/N-ethyl adjacent to an activating group) is 1. The van der Waals surface area contributed by atoms with Crippen molar-refractivity contribution >= 4 is 23.2 Å². The Labute approximate surface area is 178 Å². The van der Waals surface area contributed by atoms with Crippen LogP contribution in [0.15, 0.2) is 48.5 Å². The van der Waals surface area contributed by atoms with Crippen LogP contribution < -0.4 is 10.2 Å². The number of benzene rings is 2. The molecule has 2 aromatic carbocycles. The van der Waals surface area contributed by atoms with Crippen molar-refractivity contribution in [3.8, 4) is 0 Å². The van der Waals surface area contributed by atoms with Crippen LogP contribution in [0.5, 0.6) is 0 Å². The lowest BCUT2D eigenvalue weighted by Gasteiger charge is -2.28. The number of ether oxygens (including phenoxy) is 1. The second-order valence-electron chi connectivity index (χ2n) is 8.68. The first-order valence-electron chi connectivity index (χ1n) is 10.3. The average Bonchev–Trinajstić information content (AvgIpc) is 2.73. The Hall–Kier alpha value is -2.86. The molecule has 0 unspecified atom stereocenters. The Morgan fingerprint density at radius 2 is 1.60 bits per heavy atom. The Bertz CT molecular complexity index is 864. The molecule has 1 N–H and O–H groups in total. The van der Waals surface area contributed by atoms with Gasteiger partial charge < -0.3 is 19.9 Å². The lowest BCUT2D eigenvalue weighted by molar-refractivity contribution is -0.116. The Balaban J connectivity index is 1.54. The van der Waals surface area contributed by atoms with E-state index in [4.69, 9.17) is 4.74 Å². The van der Waals surface area contributed by atoms with Gasteiger partial charge in [-0.25, -0.2) is 0 Å². The number of rotatable bonds is 5. The summed E-state index contributed by atoms with van der Waals surface area (Å²) in [6.07, 6.45) is 0. The standard InChI is InChI=1S/C24H31N3O3/c1-24(2,3)19-7-5-18(6-8-19)23(29)26(4)17-22(28)25-20-9-11-21(12-10-20)27-13-15-30-16-14-27/h5-12H,13-17H2,1-4H3,(H,25,28). The molecule has 0 bridgehead atoms. The summed E-state index contributed by atoms with van der Waals surface area (Å²) >= 11 is 0. The average molecular weight is 410 g/mol. The van der Waals surface area contributed by atoms with Gasteiger partial charge >= 0.3 is 0 Å². The quantitative estimate of drug-likeness (QED) is 0.821. The van der Waals surface area contributed by atoms with Crippen LogP contribution >= 0.6 is 0 Å². The maximum Gasteiger partial charge on any atom is 0.254 e. The topological polar surface area (TPSA) is 61.9 Å². The van der Waals surface area contributed by atoms with Crippen LogP contribution in [0.4, 0.5) is 11.4 Å². The second-order valence-corrected chi connectivity index (χ2v) is 8.68. The first-order valence-corrected chi connectivity index (χ1v) is 10.3. The van der Waals surface area contributed by atoms with Gasteiger partial charge in [0.05, 0.1) is 19.8 Å². The van der Waals surface area contributed by atoms with Gasteiger partial charge in [-0.15, -0.1) is 0 Å². The summed E-state index contributed by atoms with van der Waals surface area (Å²) < 4.78 is 5.38. The summed E-state index contributed by atoms with van der Waals surface area (Å²) in [6.45, 7) is 9.60. The molecule has 160 valence electrons. The summed E-state index contributed by atoms with van der Waals surface area (Å²) in [5.74, 6) is -0.399. The van der Waals surface area contributed by atoms with E-state index in [1.165, 1.54) is 10.5 Å². The predicted molar refractivity (Wildman–Crippen MR) is 120 cm³/mol. The summed E-state index contributed by atoms with van der Waals surface area (Å²) in [5, 5.41) is 2.86. The molecule has 1 saturated heterocycles. The maximum atomic E-state index is 12.6. The molecule has 1 aliphatic rings. The van der Waals surface area contributed by atoms with Gasteiger partial charge in [-0.05, 0) is 47.4 Å². The van der Waals surface area contributed by atoms with Crippen LogP contribution in [-0.2, 0) is 14.9 Å². The normalized spacial score (nSPS) is 14.3. The SMILES string of the molecule is CN(CC(=O)Nc1ccc(N2CCOCC2)cc1)C(=O)c1ccc(C(C)(C)C)cc1. The van der Waals surface area contributed by atoms with Gasteiger partial charge in [0.2, 0.25) is 5.91 Å². The third-order valence-corrected chi connectivity index (χ3v) is 5.25. The highest BCUT2D eigenvalue weighted by Gasteiger charge is 2.18. The Morgan fingerprint density at radius 3 is 2.17 bits per heavy atom. The first-order chi connectivity index (χ1) is 14.2. The van der Waals surface area contributed by atoms with E-state index >= 15 is 0 Å². The van der Waals surface area contributed by atoms with Gasteiger partial charge in [-0.3, -0.25) is 9.59 Å². The molecule has 2 amide bonds. The third-order valence-electron chi connectivity index (χ3n) is 5.25. The molecule has 0 aromatic heterocycles. The molecule has 0 spiro atoms. The summed E-state index contributed by atoms with van der Waals surface area (Å²) in [4.78, 5) is 28.7. The molecule has 1 aliphatic heterocycles. The number of hydrogen-bond acceptors (Lipinski definition) is 4. The molecule has 6 heteroatoms. The van der Waals surface area contributed by atoms with Gasteiger partial charge in [0.1, 0.15) is 0 Å². The number of amides is 2. The number of nitrogens with zero attached hydrogens (tertiary/aromatic N) is 2. The largest absolute Gasteiger partial charge is 0.378 e. The number of carbonyl (C=O) groups excluding carboxylic acids is 2. The van der Waals surface area contributed by atoms with E-state index in [0.717, 1.165) is 32.0 Å². The molecule has 3 rings (SSSR count). The van der Waals surface area contributed by atoms with Gasteiger partial charge in [0.25, 0.3) is 5.91 Å². The van der Waals surface area contributed by atoms with Crippen LogP contribution in [-0.4, -0.2) is 56.6 Å². The Morgan fingerprint density at radius 1 is 1.00 bits per heavy atom. The molecule has 0 saturated carbocycles. The summed E-state index contributed by atoms with van der Waals surface area (Å²) in [5.41, 5.74) is 3.60. The number of anilines is 2. The molecule has 30 heavy (non-hydrogen) atoms. The molecule has 2 aromatic rings. The third kappa shape index (κ3) is 5.60. The fourth-order valence-corrected chi connectivity index (χ4v) is 3.40. The molecule has 0 atom stereocenters. The van der Waals surface area contributed by atoms with Crippen LogP contribution in [0.1, 0.15) is 36.7 Å². The number of nitrogens with one attached hydrogen (secondary N) is 1. The minimum Gasteiger partial charge on any atom is -0.378 e. The van der Waals surface area contributed by atoms with E-state index < -0.39 is 0 Å². The smallest absolute Gasteiger partial charge is 0.254 e. The van der Waals surface area contributed by atoms with Crippen LogP contribution in [0.3, 0.4) is 0 Å². The zero-order valence-corrected chi connectivity index (χ0v) is 18.3. The highest BCUT2D eigenvalue weighted by atomic mass is 16.5. The van der Waals surface area contributed by atoms with Crippen molar-refractivity contribution in [3.63, 3.8) is 0 Å². The fourth-order valence-electron chi connectivity index (χ4n) is 3.40. The second kappa shape index (κ2) is 9.30. The number of hydrogen-bond donors (Lipinski definition) is 1. The molecule has 0 aliphatic carbocycles. The highest BCUT2D eigenvalue weighted by Crippen LogP contribution is 2.22. The summed E-state index contributed by atoms with van der Waals surface area (Å²) in [7, 11) is 1.64. The zero-order valence-electron chi connectivity index (χ0n) is 18.3. The predicted octanol–water partition coefficient (Wildman–Crippen LogP) is 3.53. The van der Waals surface area contributed by atoms with E-state index in [1.54, 1.807) is 7.05 Å². The van der Waals surface area contributed by atoms with E-state index in [0.29, 0.717) is 11.3 Å². The maximum absolute atomic E-state index is 12.6. The number of carbonyl (C=O) groups is 2. The highest BCUT2D eigenvalue weighted by molar-refractivity contribution is 5.99. The molecular formula is C24H31N3O3. The lowest BCUT2D eigenvalue weighted by Crippen LogP contribution is -2.36. The van der Waals surface area contributed by atoms with Crippen LogP contribution in [0.25, 0.3) is 0 Å². The van der Waals surface area contributed by atoms with Crippen molar-refractivity contribution in [3.05, 3.63) is 59.7 Å².